The number of nitrogens with zero attached hydrogens (tertiary/aromatic N) is 1. The molecular formula is C24H32N2O3. The average molecular weight is 397 g/mol. The van der Waals surface area contributed by atoms with Crippen LogP contribution in [0, 0.1) is 11.8 Å². The molecule has 29 heavy (non-hydrogen) atoms. The molecule has 1 unspecified atom stereocenters. The molecule has 0 aromatic heterocycles. The van der Waals surface area contributed by atoms with Crippen LogP contribution in [0.1, 0.15) is 31.9 Å². The smallest absolute Gasteiger partial charge is 0.138 e. The van der Waals surface area contributed by atoms with Crippen LogP contribution in [0.15, 0.2) is 42.5 Å². The fourth-order valence-corrected chi connectivity index (χ4v) is 2.50. The molecule has 2 aromatic carbocycles. The zero-order valence-electron chi connectivity index (χ0n) is 18.2. The van der Waals surface area contributed by atoms with Crippen molar-refractivity contribution in [2.75, 3.05) is 39.3 Å². The fraction of sp³-hybridized carbons (Fsp3) is 0.417. The second-order valence-corrected chi connectivity index (χ2v) is 8.15. The van der Waals surface area contributed by atoms with Crippen LogP contribution >= 0.6 is 0 Å². The topological polar surface area (TPSA) is 54.0 Å². The van der Waals surface area contributed by atoms with Crippen LogP contribution in [0.2, 0.25) is 0 Å². The van der Waals surface area contributed by atoms with Crippen LogP contribution in [-0.2, 0) is 0 Å². The molecular weight excluding hydrogens is 364 g/mol. The van der Waals surface area contributed by atoms with Crippen molar-refractivity contribution < 1.29 is 14.6 Å². The van der Waals surface area contributed by atoms with E-state index in [1.54, 1.807) is 13.2 Å². The summed E-state index contributed by atoms with van der Waals surface area (Å²) < 4.78 is 11.2. The van der Waals surface area contributed by atoms with Crippen molar-refractivity contribution in [3.8, 4) is 23.3 Å². The molecule has 0 aliphatic heterocycles. The summed E-state index contributed by atoms with van der Waals surface area (Å²) in [5.74, 6) is 7.62. The lowest BCUT2D eigenvalue weighted by Gasteiger charge is -2.23. The Morgan fingerprint density at radius 1 is 1.07 bits per heavy atom. The number of aliphatic hydroxyl groups excluding tert-OH is 1. The first kappa shape index (κ1) is 22.6. The molecule has 0 aliphatic rings. The highest BCUT2D eigenvalue weighted by Crippen LogP contribution is 2.24. The average Bonchev–Trinajstić information content (AvgIpc) is 2.69. The third-order valence-corrected chi connectivity index (χ3v) is 4.21. The third kappa shape index (κ3) is 7.69. The first-order valence-electron chi connectivity index (χ1n) is 9.71. The third-order valence-electron chi connectivity index (χ3n) is 4.21. The number of rotatable bonds is 7. The largest absolute Gasteiger partial charge is 0.497 e. The van der Waals surface area contributed by atoms with Crippen LogP contribution < -0.4 is 19.7 Å². The van der Waals surface area contributed by atoms with Crippen molar-refractivity contribution in [1.82, 2.24) is 5.32 Å². The van der Waals surface area contributed by atoms with E-state index in [1.807, 2.05) is 55.4 Å². The summed E-state index contributed by atoms with van der Waals surface area (Å²) in [5, 5.41) is 13.5. The van der Waals surface area contributed by atoms with Crippen LogP contribution in [-0.4, -0.2) is 51.1 Å². The van der Waals surface area contributed by atoms with Gasteiger partial charge in [0.25, 0.3) is 0 Å². The van der Waals surface area contributed by atoms with Gasteiger partial charge in [0.15, 0.2) is 0 Å². The number of methoxy groups -OCH3 is 1. The van der Waals surface area contributed by atoms with Gasteiger partial charge in [-0.25, -0.2) is 0 Å². The van der Waals surface area contributed by atoms with Crippen molar-refractivity contribution in [1.29, 1.82) is 0 Å². The van der Waals surface area contributed by atoms with Crippen LogP contribution in [0.5, 0.6) is 11.5 Å². The normalized spacial score (nSPS) is 12.0. The second kappa shape index (κ2) is 10.2. The molecule has 2 rings (SSSR count). The Kier molecular flexibility index (Phi) is 7.95. The van der Waals surface area contributed by atoms with E-state index in [2.05, 4.69) is 37.9 Å². The van der Waals surface area contributed by atoms with E-state index in [0.717, 1.165) is 16.8 Å². The lowest BCUT2D eigenvalue weighted by molar-refractivity contribution is 0.0998. The molecule has 5 heteroatoms. The number of benzene rings is 2. The zero-order valence-corrected chi connectivity index (χ0v) is 18.2. The molecule has 156 valence electrons. The molecule has 0 saturated heterocycles. The van der Waals surface area contributed by atoms with E-state index in [1.165, 1.54) is 0 Å². The molecule has 2 aromatic rings. The van der Waals surface area contributed by atoms with Crippen molar-refractivity contribution in [3.63, 3.8) is 0 Å². The summed E-state index contributed by atoms with van der Waals surface area (Å²) >= 11 is 0. The first-order valence-corrected chi connectivity index (χ1v) is 9.71. The van der Waals surface area contributed by atoms with Gasteiger partial charge in [-0.05, 0) is 57.2 Å². The van der Waals surface area contributed by atoms with E-state index < -0.39 is 6.10 Å². The molecule has 5 nitrogen and oxygen atoms in total. The number of ether oxygens (including phenoxy) is 2. The maximum absolute atomic E-state index is 10.2. The van der Waals surface area contributed by atoms with Crippen LogP contribution in [0.4, 0.5) is 5.69 Å². The Morgan fingerprint density at radius 2 is 1.76 bits per heavy atom. The lowest BCUT2D eigenvalue weighted by atomic mass is 10.1. The maximum Gasteiger partial charge on any atom is 0.138 e. The van der Waals surface area contributed by atoms with Gasteiger partial charge >= 0.3 is 0 Å². The number of hydrogen-bond donors (Lipinski definition) is 2. The molecule has 0 radical (unpaired) electrons. The zero-order chi connectivity index (χ0) is 21.4. The Labute approximate surface area is 174 Å². The Hall–Kier alpha value is -2.68. The predicted molar refractivity (Wildman–Crippen MR) is 119 cm³/mol. The number of β-amino-alcohol motifs (C(OH)–C–C–N with tert-alkyl or cyclic N) is 1. The van der Waals surface area contributed by atoms with Crippen LogP contribution in [0.3, 0.4) is 0 Å². The van der Waals surface area contributed by atoms with Gasteiger partial charge in [0, 0.05) is 43.5 Å². The van der Waals surface area contributed by atoms with Crippen LogP contribution in [0.25, 0.3) is 0 Å². The molecule has 0 spiro atoms. The van der Waals surface area contributed by atoms with Gasteiger partial charge in [-0.2, -0.15) is 0 Å². The summed E-state index contributed by atoms with van der Waals surface area (Å²) in [5.41, 5.74) is 2.74. The molecule has 2 N–H and O–H groups in total. The Balaban J connectivity index is 2.12. The molecule has 0 heterocycles. The number of hydrogen-bond acceptors (Lipinski definition) is 5. The van der Waals surface area contributed by atoms with E-state index >= 15 is 0 Å². The SMILES string of the molecule is COc1ccc(C#Cc2ccc(N(C)C)cc2)c(OCC(O)CNC(C)(C)C)c1. The summed E-state index contributed by atoms with van der Waals surface area (Å²) in [6, 6.07) is 13.6. The summed E-state index contributed by atoms with van der Waals surface area (Å²) in [6.45, 7) is 6.79. The summed E-state index contributed by atoms with van der Waals surface area (Å²) in [6.07, 6.45) is -0.625. The number of nitrogens with one attached hydrogen (secondary N) is 1. The highest BCUT2D eigenvalue weighted by molar-refractivity contribution is 5.54. The van der Waals surface area contributed by atoms with Gasteiger partial charge in [-0.15, -0.1) is 0 Å². The van der Waals surface area contributed by atoms with Crippen molar-refractivity contribution in [2.45, 2.75) is 32.4 Å². The van der Waals surface area contributed by atoms with Gasteiger partial charge in [0.2, 0.25) is 0 Å². The maximum atomic E-state index is 10.2. The monoisotopic (exact) mass is 396 g/mol. The highest BCUT2D eigenvalue weighted by Gasteiger charge is 2.13. The molecule has 1 atom stereocenters. The standard InChI is InChI=1S/C24H32N2O3/c1-24(2,3)25-16-21(27)17-29-23-15-22(28-6)14-11-19(23)10-7-18-8-12-20(13-9-18)26(4)5/h8-9,11-15,21,25,27H,16-17H2,1-6H3. The minimum atomic E-state index is -0.625. The number of anilines is 1. The Morgan fingerprint density at radius 3 is 2.34 bits per heavy atom. The first-order chi connectivity index (χ1) is 13.7. The molecule has 0 bridgehead atoms. The molecule has 0 aliphatic carbocycles. The fourth-order valence-electron chi connectivity index (χ4n) is 2.50. The quantitative estimate of drug-likeness (QED) is 0.704. The van der Waals surface area contributed by atoms with E-state index in [-0.39, 0.29) is 12.1 Å². The Bertz CT molecular complexity index is 843. The summed E-state index contributed by atoms with van der Waals surface area (Å²) in [7, 11) is 5.62. The number of aliphatic hydroxyl groups is 1. The minimum absolute atomic E-state index is 0.0598. The van der Waals surface area contributed by atoms with Crippen molar-refractivity contribution in [2.24, 2.45) is 0 Å². The molecule has 0 fully saturated rings. The van der Waals surface area contributed by atoms with Gasteiger partial charge in [-0.3, -0.25) is 0 Å². The predicted octanol–water partition coefficient (Wildman–Crippen LogP) is 3.29. The van der Waals surface area contributed by atoms with E-state index in [4.69, 9.17) is 9.47 Å². The van der Waals surface area contributed by atoms with Gasteiger partial charge < -0.3 is 24.8 Å². The van der Waals surface area contributed by atoms with E-state index in [9.17, 15) is 5.11 Å². The highest BCUT2D eigenvalue weighted by atomic mass is 16.5. The lowest BCUT2D eigenvalue weighted by Crippen LogP contribution is -2.42. The molecule has 0 saturated carbocycles. The molecule has 0 amide bonds. The second-order valence-electron chi connectivity index (χ2n) is 8.15. The van der Waals surface area contributed by atoms with E-state index in [0.29, 0.717) is 18.0 Å². The van der Waals surface area contributed by atoms with Crippen molar-refractivity contribution in [3.05, 3.63) is 53.6 Å². The summed E-state index contributed by atoms with van der Waals surface area (Å²) in [4.78, 5) is 2.05. The van der Waals surface area contributed by atoms with Crippen molar-refractivity contribution >= 4 is 5.69 Å². The van der Waals surface area contributed by atoms with Gasteiger partial charge in [0.1, 0.15) is 24.2 Å². The van der Waals surface area contributed by atoms with Gasteiger partial charge in [-0.1, -0.05) is 11.8 Å². The minimum Gasteiger partial charge on any atom is -0.497 e. The van der Waals surface area contributed by atoms with Gasteiger partial charge in [0.05, 0.1) is 12.7 Å².